The third kappa shape index (κ3) is 2.28. The fraction of sp³-hybridized carbons (Fsp3) is 0.375. The van der Waals surface area contributed by atoms with Crippen LogP contribution >= 0.6 is 11.3 Å². The van der Waals surface area contributed by atoms with Crippen LogP contribution in [0.3, 0.4) is 0 Å². The summed E-state index contributed by atoms with van der Waals surface area (Å²) in [6.45, 7) is 6.30. The van der Waals surface area contributed by atoms with Gasteiger partial charge in [0.25, 0.3) is 0 Å². The molecule has 1 aliphatic rings. The monoisotopic (exact) mass is 315 g/mol. The average Bonchev–Trinajstić information content (AvgIpc) is 3.17. The minimum absolute atomic E-state index is 0.0481. The minimum atomic E-state index is -0.0481. The Balaban J connectivity index is 1.73. The van der Waals surface area contributed by atoms with Gasteiger partial charge in [0, 0.05) is 6.54 Å². The molecule has 1 aliphatic heterocycles. The van der Waals surface area contributed by atoms with Crippen LogP contribution in [0.4, 0.5) is 5.82 Å². The van der Waals surface area contributed by atoms with Gasteiger partial charge >= 0.3 is 0 Å². The van der Waals surface area contributed by atoms with E-state index in [1.807, 2.05) is 19.1 Å². The van der Waals surface area contributed by atoms with E-state index in [0.29, 0.717) is 6.61 Å². The Kier molecular flexibility index (Phi) is 3.35. The van der Waals surface area contributed by atoms with Crippen molar-refractivity contribution < 1.29 is 9.15 Å². The van der Waals surface area contributed by atoms with E-state index in [1.165, 1.54) is 5.56 Å². The molecule has 4 rings (SSSR count). The zero-order chi connectivity index (χ0) is 15.1. The summed E-state index contributed by atoms with van der Waals surface area (Å²) in [5.74, 6) is 2.69. The summed E-state index contributed by atoms with van der Waals surface area (Å²) in [6, 6.07) is 3.86. The van der Waals surface area contributed by atoms with Crippen molar-refractivity contribution in [2.75, 3.05) is 24.6 Å². The number of anilines is 1. The predicted octanol–water partition coefficient (Wildman–Crippen LogP) is 3.48. The number of hydrogen-bond acceptors (Lipinski definition) is 6. The normalized spacial score (nSPS) is 19.0. The van der Waals surface area contributed by atoms with Crippen LogP contribution in [0.25, 0.3) is 10.2 Å². The summed E-state index contributed by atoms with van der Waals surface area (Å²) in [4.78, 5) is 12.6. The van der Waals surface area contributed by atoms with Crippen molar-refractivity contribution in [3.63, 3.8) is 0 Å². The number of ether oxygens (including phenoxy) is 1. The first-order chi connectivity index (χ1) is 10.7. The lowest BCUT2D eigenvalue weighted by atomic mass is 10.2. The summed E-state index contributed by atoms with van der Waals surface area (Å²) < 4.78 is 11.3. The minimum Gasteiger partial charge on any atom is -0.467 e. The molecule has 0 radical (unpaired) electrons. The lowest BCUT2D eigenvalue weighted by molar-refractivity contribution is 0.0256. The number of rotatable bonds is 2. The van der Waals surface area contributed by atoms with Gasteiger partial charge in [0.2, 0.25) is 0 Å². The molecule has 6 heteroatoms. The Morgan fingerprint density at radius 2 is 2.23 bits per heavy atom. The van der Waals surface area contributed by atoms with Gasteiger partial charge in [-0.05, 0) is 36.9 Å². The van der Waals surface area contributed by atoms with Crippen LogP contribution in [-0.4, -0.2) is 29.7 Å². The topological polar surface area (TPSA) is 51.4 Å². The standard InChI is InChI=1S/C16H17N3O2S/c1-10-9-22-16-14(10)15(17-11(2)18-16)19-5-7-21-13(8-19)12-4-3-6-20-12/h3-4,6,9,13H,5,7-8H2,1-2H3. The molecule has 0 bridgehead atoms. The van der Waals surface area contributed by atoms with Crippen LogP contribution in [-0.2, 0) is 4.74 Å². The van der Waals surface area contributed by atoms with E-state index in [9.17, 15) is 0 Å². The number of furan rings is 1. The van der Waals surface area contributed by atoms with Gasteiger partial charge in [-0.3, -0.25) is 0 Å². The van der Waals surface area contributed by atoms with E-state index in [4.69, 9.17) is 14.1 Å². The van der Waals surface area contributed by atoms with E-state index in [-0.39, 0.29) is 6.10 Å². The first-order valence-corrected chi connectivity index (χ1v) is 8.23. The Morgan fingerprint density at radius 1 is 1.32 bits per heavy atom. The van der Waals surface area contributed by atoms with Gasteiger partial charge in [0.1, 0.15) is 28.3 Å². The van der Waals surface area contributed by atoms with Crippen LogP contribution in [0, 0.1) is 13.8 Å². The van der Waals surface area contributed by atoms with Crippen LogP contribution in [0.1, 0.15) is 23.3 Å². The van der Waals surface area contributed by atoms with Gasteiger partial charge < -0.3 is 14.1 Å². The molecule has 114 valence electrons. The third-order valence-corrected chi connectivity index (χ3v) is 4.93. The molecule has 0 aliphatic carbocycles. The molecule has 1 fully saturated rings. The number of aromatic nitrogens is 2. The lowest BCUT2D eigenvalue weighted by Crippen LogP contribution is -2.39. The Bertz CT molecular complexity index is 797. The van der Waals surface area contributed by atoms with Crippen molar-refractivity contribution in [1.82, 2.24) is 9.97 Å². The van der Waals surface area contributed by atoms with E-state index in [0.717, 1.165) is 40.7 Å². The summed E-state index contributed by atoms with van der Waals surface area (Å²) >= 11 is 1.68. The number of morpholine rings is 1. The number of nitrogens with zero attached hydrogens (tertiary/aromatic N) is 3. The smallest absolute Gasteiger partial charge is 0.141 e. The fourth-order valence-electron chi connectivity index (χ4n) is 2.88. The number of hydrogen-bond donors (Lipinski definition) is 0. The van der Waals surface area contributed by atoms with E-state index < -0.39 is 0 Å². The molecule has 0 aromatic carbocycles. The second kappa shape index (κ2) is 5.37. The second-order valence-electron chi connectivity index (χ2n) is 5.51. The van der Waals surface area contributed by atoms with Crippen molar-refractivity contribution in [2.24, 2.45) is 0 Å². The predicted molar refractivity (Wildman–Crippen MR) is 86.5 cm³/mol. The van der Waals surface area contributed by atoms with Gasteiger partial charge in [-0.25, -0.2) is 9.97 Å². The van der Waals surface area contributed by atoms with Crippen molar-refractivity contribution >= 4 is 27.4 Å². The van der Waals surface area contributed by atoms with Crippen molar-refractivity contribution in [2.45, 2.75) is 20.0 Å². The molecular weight excluding hydrogens is 298 g/mol. The fourth-order valence-corrected chi connectivity index (χ4v) is 3.84. The van der Waals surface area contributed by atoms with Crippen LogP contribution < -0.4 is 4.90 Å². The summed E-state index contributed by atoms with van der Waals surface area (Å²) in [5, 5.41) is 3.31. The van der Waals surface area contributed by atoms with Crippen LogP contribution in [0.5, 0.6) is 0 Å². The first kappa shape index (κ1) is 13.7. The number of aryl methyl sites for hydroxylation is 2. The highest BCUT2D eigenvalue weighted by Crippen LogP contribution is 2.34. The maximum Gasteiger partial charge on any atom is 0.141 e. The van der Waals surface area contributed by atoms with E-state index in [2.05, 4.69) is 22.2 Å². The van der Waals surface area contributed by atoms with Crippen LogP contribution in [0.2, 0.25) is 0 Å². The van der Waals surface area contributed by atoms with Crippen molar-refractivity contribution in [1.29, 1.82) is 0 Å². The molecule has 3 aromatic rings. The van der Waals surface area contributed by atoms with Gasteiger partial charge in [0.05, 0.1) is 24.8 Å². The third-order valence-electron chi connectivity index (χ3n) is 3.94. The Labute approximate surface area is 132 Å². The molecule has 3 aromatic heterocycles. The highest BCUT2D eigenvalue weighted by Gasteiger charge is 2.27. The second-order valence-corrected chi connectivity index (χ2v) is 6.37. The molecule has 22 heavy (non-hydrogen) atoms. The molecule has 0 N–H and O–H groups in total. The highest BCUT2D eigenvalue weighted by molar-refractivity contribution is 7.17. The SMILES string of the molecule is Cc1nc(N2CCOC(c3ccco3)C2)c2c(C)csc2n1. The zero-order valence-electron chi connectivity index (χ0n) is 12.6. The number of thiophene rings is 1. The molecule has 0 spiro atoms. The van der Waals surface area contributed by atoms with Gasteiger partial charge in [-0.1, -0.05) is 0 Å². The maximum atomic E-state index is 5.85. The average molecular weight is 315 g/mol. The quantitative estimate of drug-likeness (QED) is 0.724. The van der Waals surface area contributed by atoms with Crippen molar-refractivity contribution in [3.8, 4) is 0 Å². The van der Waals surface area contributed by atoms with E-state index in [1.54, 1.807) is 17.6 Å². The molecule has 1 saturated heterocycles. The van der Waals surface area contributed by atoms with Crippen molar-refractivity contribution in [3.05, 3.63) is 40.9 Å². The molecule has 1 atom stereocenters. The summed E-state index contributed by atoms with van der Waals surface area (Å²) in [7, 11) is 0. The number of fused-ring (bicyclic) bond motifs is 1. The van der Waals surface area contributed by atoms with Gasteiger partial charge in [-0.15, -0.1) is 11.3 Å². The van der Waals surface area contributed by atoms with Crippen LogP contribution in [0.15, 0.2) is 28.2 Å². The van der Waals surface area contributed by atoms with Gasteiger partial charge in [-0.2, -0.15) is 0 Å². The molecule has 5 nitrogen and oxygen atoms in total. The first-order valence-electron chi connectivity index (χ1n) is 7.35. The highest BCUT2D eigenvalue weighted by atomic mass is 32.1. The molecule has 4 heterocycles. The Hall–Kier alpha value is -1.92. The largest absolute Gasteiger partial charge is 0.467 e. The Morgan fingerprint density at radius 3 is 3.05 bits per heavy atom. The summed E-state index contributed by atoms with van der Waals surface area (Å²) in [6.07, 6.45) is 1.64. The van der Waals surface area contributed by atoms with E-state index >= 15 is 0 Å². The summed E-state index contributed by atoms with van der Waals surface area (Å²) in [5.41, 5.74) is 1.23. The van der Waals surface area contributed by atoms with Gasteiger partial charge in [0.15, 0.2) is 0 Å². The molecule has 0 saturated carbocycles. The lowest BCUT2D eigenvalue weighted by Gasteiger charge is -2.33. The molecular formula is C16H17N3O2S. The molecule has 0 amide bonds. The molecule has 1 unspecified atom stereocenters. The zero-order valence-corrected chi connectivity index (χ0v) is 13.4. The maximum absolute atomic E-state index is 5.85.